The first-order valence-electron chi connectivity index (χ1n) is 9.83. The van der Waals surface area contributed by atoms with Crippen molar-refractivity contribution in [1.29, 1.82) is 0 Å². The van der Waals surface area contributed by atoms with Crippen LogP contribution in [0.2, 0.25) is 0 Å². The van der Waals surface area contributed by atoms with Gasteiger partial charge in [0.2, 0.25) is 0 Å². The lowest BCUT2D eigenvalue weighted by molar-refractivity contribution is -0.125. The van der Waals surface area contributed by atoms with Crippen molar-refractivity contribution >= 4 is 17.8 Å². The predicted octanol–water partition coefficient (Wildman–Crippen LogP) is 3.16. The fraction of sp³-hybridized carbons (Fsp3) is 0.409. The molecule has 0 spiro atoms. The molecular formula is C22H26N2O5. The van der Waals surface area contributed by atoms with Crippen LogP contribution in [-0.4, -0.2) is 36.0 Å². The Morgan fingerprint density at radius 1 is 1.14 bits per heavy atom. The summed E-state index contributed by atoms with van der Waals surface area (Å²) in [5.74, 6) is -1.53. The summed E-state index contributed by atoms with van der Waals surface area (Å²) in [5, 5.41) is 2.95. The smallest absolute Gasteiger partial charge is 0.355 e. The van der Waals surface area contributed by atoms with Gasteiger partial charge in [0.05, 0.1) is 18.2 Å². The quantitative estimate of drug-likeness (QED) is 0.729. The first kappa shape index (κ1) is 20.6. The average Bonchev–Trinajstić information content (AvgIpc) is 3.01. The van der Waals surface area contributed by atoms with Gasteiger partial charge in [0.15, 0.2) is 6.61 Å². The molecule has 0 radical (unpaired) electrons. The molecule has 3 rings (SSSR count). The zero-order valence-corrected chi connectivity index (χ0v) is 17.0. The van der Waals surface area contributed by atoms with Gasteiger partial charge >= 0.3 is 11.9 Å². The highest BCUT2D eigenvalue weighted by Gasteiger charge is 2.25. The van der Waals surface area contributed by atoms with Crippen molar-refractivity contribution in [3.8, 4) is 0 Å². The largest absolute Gasteiger partial charge is 0.462 e. The van der Waals surface area contributed by atoms with Gasteiger partial charge in [-0.25, -0.2) is 9.59 Å². The number of H-pyrrole nitrogens is 1. The first-order chi connectivity index (χ1) is 13.9. The van der Waals surface area contributed by atoms with E-state index in [1.165, 1.54) is 5.56 Å². The van der Waals surface area contributed by atoms with Crippen LogP contribution in [0.3, 0.4) is 0 Å². The van der Waals surface area contributed by atoms with Crippen molar-refractivity contribution in [1.82, 2.24) is 10.3 Å². The van der Waals surface area contributed by atoms with Crippen molar-refractivity contribution in [3.05, 3.63) is 57.9 Å². The molecule has 1 aromatic heterocycles. The van der Waals surface area contributed by atoms with Gasteiger partial charge in [-0.3, -0.25) is 4.79 Å². The number of aromatic amines is 1. The molecule has 1 aromatic carbocycles. The van der Waals surface area contributed by atoms with Crippen LogP contribution in [0.25, 0.3) is 0 Å². The number of ether oxygens (including phenoxy) is 2. The number of aryl methyl sites for hydroxylation is 2. The van der Waals surface area contributed by atoms with Gasteiger partial charge in [0.1, 0.15) is 5.69 Å². The summed E-state index contributed by atoms with van der Waals surface area (Å²) in [7, 11) is 0. The average molecular weight is 398 g/mol. The van der Waals surface area contributed by atoms with Crippen molar-refractivity contribution in [2.75, 3.05) is 13.2 Å². The highest BCUT2D eigenvalue weighted by atomic mass is 16.5. The Bertz CT molecular complexity index is 931. The van der Waals surface area contributed by atoms with E-state index in [0.717, 1.165) is 24.8 Å². The minimum atomic E-state index is -0.680. The number of rotatable bonds is 6. The van der Waals surface area contributed by atoms with Crippen LogP contribution in [0, 0.1) is 13.8 Å². The molecule has 0 aliphatic heterocycles. The molecule has 1 amide bonds. The van der Waals surface area contributed by atoms with E-state index in [9.17, 15) is 14.4 Å². The molecule has 1 heterocycles. The molecule has 1 aliphatic carbocycles. The summed E-state index contributed by atoms with van der Waals surface area (Å²) in [5.41, 5.74) is 3.81. The van der Waals surface area contributed by atoms with Gasteiger partial charge < -0.3 is 19.8 Å². The van der Waals surface area contributed by atoms with Crippen LogP contribution >= 0.6 is 0 Å². The van der Waals surface area contributed by atoms with Crippen LogP contribution in [0.5, 0.6) is 0 Å². The number of esters is 2. The zero-order valence-electron chi connectivity index (χ0n) is 17.0. The Labute approximate surface area is 169 Å². The summed E-state index contributed by atoms with van der Waals surface area (Å²) in [6.07, 6.45) is 2.86. The summed E-state index contributed by atoms with van der Waals surface area (Å²) in [4.78, 5) is 39.7. The molecule has 0 bridgehead atoms. The zero-order chi connectivity index (χ0) is 21.0. The van der Waals surface area contributed by atoms with E-state index in [1.54, 1.807) is 20.8 Å². The number of amides is 1. The molecule has 1 unspecified atom stereocenters. The molecule has 1 atom stereocenters. The highest BCUT2D eigenvalue weighted by Crippen LogP contribution is 2.29. The Balaban J connectivity index is 1.61. The maximum Gasteiger partial charge on any atom is 0.355 e. The van der Waals surface area contributed by atoms with E-state index < -0.39 is 11.9 Å². The van der Waals surface area contributed by atoms with Gasteiger partial charge in [-0.05, 0) is 56.7 Å². The second-order valence-electron chi connectivity index (χ2n) is 7.13. The fourth-order valence-corrected chi connectivity index (χ4v) is 3.81. The van der Waals surface area contributed by atoms with Crippen molar-refractivity contribution < 1.29 is 23.9 Å². The third-order valence-electron chi connectivity index (χ3n) is 5.16. The van der Waals surface area contributed by atoms with E-state index in [2.05, 4.69) is 16.4 Å². The monoisotopic (exact) mass is 398 g/mol. The second-order valence-corrected chi connectivity index (χ2v) is 7.13. The number of carbonyl (C=O) groups is 3. The lowest BCUT2D eigenvalue weighted by Gasteiger charge is -2.26. The summed E-state index contributed by atoms with van der Waals surface area (Å²) < 4.78 is 10.2. The van der Waals surface area contributed by atoms with Crippen LogP contribution in [0.4, 0.5) is 0 Å². The summed E-state index contributed by atoms with van der Waals surface area (Å²) >= 11 is 0. The maximum atomic E-state index is 12.4. The minimum Gasteiger partial charge on any atom is -0.462 e. The van der Waals surface area contributed by atoms with E-state index in [1.807, 2.05) is 18.2 Å². The Morgan fingerprint density at radius 3 is 2.66 bits per heavy atom. The Hall–Kier alpha value is -3.09. The summed E-state index contributed by atoms with van der Waals surface area (Å²) in [6, 6.07) is 7.98. The van der Waals surface area contributed by atoms with E-state index in [0.29, 0.717) is 16.8 Å². The van der Waals surface area contributed by atoms with E-state index >= 15 is 0 Å². The number of hydrogen-bond donors (Lipinski definition) is 2. The van der Waals surface area contributed by atoms with Gasteiger partial charge in [-0.2, -0.15) is 0 Å². The molecule has 7 heteroatoms. The van der Waals surface area contributed by atoms with Crippen LogP contribution in [-0.2, 0) is 20.7 Å². The third-order valence-corrected chi connectivity index (χ3v) is 5.16. The molecule has 7 nitrogen and oxygen atoms in total. The third kappa shape index (κ3) is 4.50. The number of carbonyl (C=O) groups excluding carboxylic acids is 3. The van der Waals surface area contributed by atoms with E-state index in [4.69, 9.17) is 9.47 Å². The number of benzene rings is 1. The Kier molecular flexibility index (Phi) is 6.36. The summed E-state index contributed by atoms with van der Waals surface area (Å²) in [6.45, 7) is 4.90. The highest BCUT2D eigenvalue weighted by molar-refractivity contribution is 5.99. The molecular weight excluding hydrogens is 372 g/mol. The van der Waals surface area contributed by atoms with Gasteiger partial charge in [-0.1, -0.05) is 24.3 Å². The molecule has 0 saturated heterocycles. The van der Waals surface area contributed by atoms with Crippen LogP contribution in [0.1, 0.15) is 69.0 Å². The predicted molar refractivity (Wildman–Crippen MR) is 107 cm³/mol. The number of fused-ring (bicyclic) bond motifs is 1. The number of nitrogens with one attached hydrogen (secondary N) is 2. The van der Waals surface area contributed by atoms with Crippen LogP contribution < -0.4 is 5.32 Å². The molecule has 154 valence electrons. The standard InChI is InChI=1S/C22H26N2O5/c1-4-28-21(26)19-13(2)20(23-14(19)3)22(27)29-12-18(25)24-17-11-7-9-15-8-5-6-10-16(15)17/h5-6,8,10,17,23H,4,7,9,11-12H2,1-3H3,(H,24,25). The minimum absolute atomic E-state index is 0.0731. The molecule has 0 fully saturated rings. The molecule has 2 aromatic rings. The topological polar surface area (TPSA) is 97.5 Å². The van der Waals surface area contributed by atoms with E-state index in [-0.39, 0.29) is 30.9 Å². The second kappa shape index (κ2) is 8.94. The molecule has 1 aliphatic rings. The van der Waals surface area contributed by atoms with Gasteiger partial charge in [0.25, 0.3) is 5.91 Å². The lowest BCUT2D eigenvalue weighted by atomic mass is 9.88. The molecule has 0 saturated carbocycles. The fourth-order valence-electron chi connectivity index (χ4n) is 3.81. The van der Waals surface area contributed by atoms with Crippen molar-refractivity contribution in [2.24, 2.45) is 0 Å². The molecule has 29 heavy (non-hydrogen) atoms. The van der Waals surface area contributed by atoms with Gasteiger partial charge in [0, 0.05) is 5.69 Å². The normalized spacial score (nSPS) is 15.3. The number of hydrogen-bond acceptors (Lipinski definition) is 5. The molecule has 2 N–H and O–H groups in total. The maximum absolute atomic E-state index is 12.4. The van der Waals surface area contributed by atoms with Crippen LogP contribution in [0.15, 0.2) is 24.3 Å². The first-order valence-corrected chi connectivity index (χ1v) is 9.83. The number of aromatic nitrogens is 1. The van der Waals surface area contributed by atoms with Crippen molar-refractivity contribution in [3.63, 3.8) is 0 Å². The van der Waals surface area contributed by atoms with Gasteiger partial charge in [-0.15, -0.1) is 0 Å². The SMILES string of the molecule is CCOC(=O)c1c(C)[nH]c(C(=O)OCC(=O)NC2CCCc3ccccc32)c1C. The van der Waals surface area contributed by atoms with Crippen molar-refractivity contribution in [2.45, 2.75) is 46.1 Å². The lowest BCUT2D eigenvalue weighted by Crippen LogP contribution is -2.34. The Morgan fingerprint density at radius 2 is 1.90 bits per heavy atom.